The van der Waals surface area contributed by atoms with Crippen LogP contribution in [0.3, 0.4) is 0 Å². The van der Waals surface area contributed by atoms with Crippen molar-refractivity contribution in [3.05, 3.63) is 35.4 Å². The number of amides is 3. The second-order valence-electron chi connectivity index (χ2n) is 7.61. The highest BCUT2D eigenvalue weighted by molar-refractivity contribution is 6.03. The van der Waals surface area contributed by atoms with Crippen LogP contribution in [0.15, 0.2) is 24.3 Å². The van der Waals surface area contributed by atoms with Crippen molar-refractivity contribution < 1.29 is 14.4 Å². The Morgan fingerprint density at radius 1 is 1.00 bits per heavy atom. The molecule has 2 aliphatic rings. The molecule has 6 heteroatoms. The van der Waals surface area contributed by atoms with E-state index in [9.17, 15) is 14.4 Å². The maximum absolute atomic E-state index is 12.3. The van der Waals surface area contributed by atoms with Crippen LogP contribution in [-0.2, 0) is 16.0 Å². The van der Waals surface area contributed by atoms with Gasteiger partial charge in [-0.2, -0.15) is 0 Å². The Bertz CT molecular complexity index is 664. The van der Waals surface area contributed by atoms with Crippen molar-refractivity contribution in [1.29, 1.82) is 0 Å². The van der Waals surface area contributed by atoms with Gasteiger partial charge >= 0.3 is 0 Å². The monoisotopic (exact) mass is 371 g/mol. The molecule has 0 radical (unpaired) electrons. The van der Waals surface area contributed by atoms with Gasteiger partial charge in [-0.25, -0.2) is 0 Å². The number of carbonyl (C=O) groups is 3. The zero-order valence-electron chi connectivity index (χ0n) is 15.8. The first kappa shape index (κ1) is 19.5. The lowest BCUT2D eigenvalue weighted by molar-refractivity contribution is -0.125. The number of hydrogen-bond donors (Lipinski definition) is 3. The number of imide groups is 1. The largest absolute Gasteiger partial charge is 0.351 e. The summed E-state index contributed by atoms with van der Waals surface area (Å²) in [5.74, 6) is -0.799. The molecule has 146 valence electrons. The Hall–Kier alpha value is -2.21. The lowest BCUT2D eigenvalue weighted by Crippen LogP contribution is -2.36. The third-order valence-corrected chi connectivity index (χ3v) is 5.46. The fourth-order valence-electron chi connectivity index (χ4n) is 3.89. The second-order valence-corrected chi connectivity index (χ2v) is 7.61. The molecule has 1 aromatic rings. The number of hydrogen-bond acceptors (Lipinski definition) is 4. The highest BCUT2D eigenvalue weighted by Gasteiger charge is 2.30. The van der Waals surface area contributed by atoms with Crippen molar-refractivity contribution in [2.24, 2.45) is 5.92 Å². The van der Waals surface area contributed by atoms with Crippen molar-refractivity contribution in [3.63, 3.8) is 0 Å². The SMILES string of the molecule is O=C1CC(Cc2ccc(C(=O)NCCNC3CCCCCC3)cc2)C(=O)N1. The minimum absolute atomic E-state index is 0.0852. The van der Waals surface area contributed by atoms with Gasteiger partial charge in [-0.15, -0.1) is 0 Å². The number of benzene rings is 1. The number of nitrogens with one attached hydrogen (secondary N) is 3. The van der Waals surface area contributed by atoms with Gasteiger partial charge in [-0.3, -0.25) is 19.7 Å². The van der Waals surface area contributed by atoms with Gasteiger partial charge in [-0.1, -0.05) is 37.8 Å². The van der Waals surface area contributed by atoms with Crippen LogP contribution in [-0.4, -0.2) is 36.9 Å². The van der Waals surface area contributed by atoms with Crippen LogP contribution in [0.2, 0.25) is 0 Å². The summed E-state index contributed by atoms with van der Waals surface area (Å²) in [4.78, 5) is 35.1. The summed E-state index contributed by atoms with van der Waals surface area (Å²) in [5.41, 5.74) is 1.57. The maximum atomic E-state index is 12.3. The van der Waals surface area contributed by atoms with Gasteiger partial charge in [-0.05, 0) is 37.0 Å². The molecular formula is C21H29N3O3. The third-order valence-electron chi connectivity index (χ3n) is 5.46. The topological polar surface area (TPSA) is 87.3 Å². The molecule has 1 unspecified atom stereocenters. The quantitative estimate of drug-likeness (QED) is 0.388. The van der Waals surface area contributed by atoms with Gasteiger partial charge in [0.05, 0.1) is 5.92 Å². The van der Waals surface area contributed by atoms with Crippen LogP contribution in [0.1, 0.15) is 60.9 Å². The molecule has 2 fully saturated rings. The first-order valence-electron chi connectivity index (χ1n) is 10.1. The van der Waals surface area contributed by atoms with E-state index < -0.39 is 0 Å². The zero-order chi connectivity index (χ0) is 19.1. The molecule has 6 nitrogen and oxygen atoms in total. The molecule has 27 heavy (non-hydrogen) atoms. The minimum atomic E-state index is -0.299. The van der Waals surface area contributed by atoms with Crippen molar-refractivity contribution in [3.8, 4) is 0 Å². The molecule has 0 spiro atoms. The van der Waals surface area contributed by atoms with E-state index in [1.807, 2.05) is 12.1 Å². The Kier molecular flexibility index (Phi) is 6.98. The van der Waals surface area contributed by atoms with Gasteiger partial charge in [0.25, 0.3) is 5.91 Å². The van der Waals surface area contributed by atoms with E-state index in [2.05, 4.69) is 16.0 Å². The first-order valence-corrected chi connectivity index (χ1v) is 10.1. The fraction of sp³-hybridized carbons (Fsp3) is 0.571. The van der Waals surface area contributed by atoms with Gasteiger partial charge in [0.15, 0.2) is 0 Å². The molecule has 0 bridgehead atoms. The summed E-state index contributed by atoms with van der Waals surface area (Å²) in [6, 6.07) is 7.85. The van der Waals surface area contributed by atoms with Crippen LogP contribution < -0.4 is 16.0 Å². The van der Waals surface area contributed by atoms with Crippen LogP contribution >= 0.6 is 0 Å². The number of carbonyl (C=O) groups excluding carboxylic acids is 3. The first-order chi connectivity index (χ1) is 13.1. The van der Waals surface area contributed by atoms with Crippen LogP contribution in [0.25, 0.3) is 0 Å². The fourth-order valence-corrected chi connectivity index (χ4v) is 3.89. The summed E-state index contributed by atoms with van der Waals surface area (Å²) in [6.45, 7) is 1.40. The van der Waals surface area contributed by atoms with Crippen molar-refractivity contribution in [2.75, 3.05) is 13.1 Å². The Morgan fingerprint density at radius 2 is 1.70 bits per heavy atom. The van der Waals surface area contributed by atoms with Gasteiger partial charge in [0.1, 0.15) is 0 Å². The minimum Gasteiger partial charge on any atom is -0.351 e. The average molecular weight is 371 g/mol. The van der Waals surface area contributed by atoms with Crippen molar-refractivity contribution >= 4 is 17.7 Å². The molecular weight excluding hydrogens is 342 g/mol. The van der Waals surface area contributed by atoms with Crippen LogP contribution in [0.5, 0.6) is 0 Å². The highest BCUT2D eigenvalue weighted by Crippen LogP contribution is 2.18. The lowest BCUT2D eigenvalue weighted by Gasteiger charge is -2.16. The normalized spacial score (nSPS) is 21.0. The molecule has 3 amide bonds. The molecule has 3 N–H and O–H groups in total. The van der Waals surface area contributed by atoms with Gasteiger partial charge in [0.2, 0.25) is 11.8 Å². The summed E-state index contributed by atoms with van der Waals surface area (Å²) in [5, 5.41) is 8.82. The Balaban J connectivity index is 1.39. The smallest absolute Gasteiger partial charge is 0.251 e. The molecule has 1 aliphatic carbocycles. The summed E-state index contributed by atoms with van der Waals surface area (Å²) in [7, 11) is 0. The summed E-state index contributed by atoms with van der Waals surface area (Å²) in [6.07, 6.45) is 8.51. The number of rotatable bonds is 7. The Morgan fingerprint density at radius 3 is 2.33 bits per heavy atom. The average Bonchev–Trinajstić information content (AvgIpc) is 2.85. The van der Waals surface area contributed by atoms with Gasteiger partial charge < -0.3 is 10.6 Å². The van der Waals surface area contributed by atoms with E-state index >= 15 is 0 Å². The highest BCUT2D eigenvalue weighted by atomic mass is 16.2. The zero-order valence-corrected chi connectivity index (χ0v) is 15.8. The summed E-state index contributed by atoms with van der Waals surface area (Å²) >= 11 is 0. The molecule has 1 saturated carbocycles. The van der Waals surface area contributed by atoms with E-state index in [-0.39, 0.29) is 30.1 Å². The van der Waals surface area contributed by atoms with E-state index in [1.54, 1.807) is 12.1 Å². The molecule has 1 atom stereocenters. The van der Waals surface area contributed by atoms with E-state index in [0.29, 0.717) is 24.6 Å². The third kappa shape index (κ3) is 5.89. The van der Waals surface area contributed by atoms with Crippen molar-refractivity contribution in [1.82, 2.24) is 16.0 Å². The maximum Gasteiger partial charge on any atom is 0.251 e. The standard InChI is InChI=1S/C21H29N3O3/c25-19-14-17(21(27)24-19)13-15-7-9-16(10-8-15)20(26)23-12-11-22-18-5-3-1-2-4-6-18/h7-10,17-18,22H,1-6,11-14H2,(H,23,26)(H,24,25,27). The molecule has 0 aromatic heterocycles. The second kappa shape index (κ2) is 9.65. The van der Waals surface area contributed by atoms with Crippen LogP contribution in [0.4, 0.5) is 0 Å². The molecule has 1 heterocycles. The van der Waals surface area contributed by atoms with E-state index in [1.165, 1.54) is 38.5 Å². The molecule has 1 saturated heterocycles. The lowest BCUT2D eigenvalue weighted by atomic mass is 9.97. The summed E-state index contributed by atoms with van der Waals surface area (Å²) < 4.78 is 0. The van der Waals surface area contributed by atoms with Gasteiger partial charge in [0, 0.05) is 31.1 Å². The van der Waals surface area contributed by atoms with E-state index in [0.717, 1.165) is 12.1 Å². The molecule has 3 rings (SSSR count). The van der Waals surface area contributed by atoms with E-state index in [4.69, 9.17) is 0 Å². The predicted molar refractivity (Wildman–Crippen MR) is 103 cm³/mol. The van der Waals surface area contributed by atoms with Crippen molar-refractivity contribution in [2.45, 2.75) is 57.4 Å². The molecule has 1 aromatic carbocycles. The van der Waals surface area contributed by atoms with Crippen LogP contribution in [0, 0.1) is 5.92 Å². The molecule has 1 aliphatic heterocycles. The predicted octanol–water partition coefficient (Wildman–Crippen LogP) is 1.93. The Labute approximate surface area is 160 Å².